The van der Waals surface area contributed by atoms with E-state index < -0.39 is 0 Å². The van der Waals surface area contributed by atoms with Crippen molar-refractivity contribution in [2.75, 3.05) is 19.7 Å². The van der Waals surface area contributed by atoms with Crippen LogP contribution in [0.5, 0.6) is 0 Å². The molecule has 1 rings (SSSR count). The van der Waals surface area contributed by atoms with E-state index in [-0.39, 0.29) is 5.97 Å². The van der Waals surface area contributed by atoms with Crippen LogP contribution in [0.25, 0.3) is 0 Å². The summed E-state index contributed by atoms with van der Waals surface area (Å²) >= 11 is 0. The maximum Gasteiger partial charge on any atom is 0.320 e. The largest absolute Gasteiger partial charge is 0.465 e. The van der Waals surface area contributed by atoms with Crippen LogP contribution in [-0.4, -0.2) is 35.7 Å². The first-order valence-electron chi connectivity index (χ1n) is 5.95. The summed E-state index contributed by atoms with van der Waals surface area (Å²) in [5.41, 5.74) is 0.847. The molecule has 0 N–H and O–H groups in total. The van der Waals surface area contributed by atoms with Crippen molar-refractivity contribution in [3.05, 3.63) is 17.5 Å². The average Bonchev–Trinajstić information content (AvgIpc) is 2.64. The Morgan fingerprint density at radius 1 is 1.53 bits per heavy atom. The van der Waals surface area contributed by atoms with Gasteiger partial charge in [-0.15, -0.1) is 0 Å². The Balaban J connectivity index is 2.50. The van der Waals surface area contributed by atoms with Gasteiger partial charge in [-0.2, -0.15) is 0 Å². The molecule has 1 aromatic rings. The van der Waals surface area contributed by atoms with Gasteiger partial charge in [-0.25, -0.2) is 0 Å². The zero-order valence-electron chi connectivity index (χ0n) is 10.7. The number of ether oxygens (including phenoxy) is 1. The van der Waals surface area contributed by atoms with Crippen LogP contribution in [0.2, 0.25) is 0 Å². The summed E-state index contributed by atoms with van der Waals surface area (Å²) in [6.07, 6.45) is 0.982. The quantitative estimate of drug-likeness (QED) is 0.680. The van der Waals surface area contributed by atoms with E-state index in [1.54, 1.807) is 0 Å². The second-order valence-electron chi connectivity index (χ2n) is 3.94. The minimum Gasteiger partial charge on any atom is -0.465 e. The van der Waals surface area contributed by atoms with Crippen molar-refractivity contribution in [3.63, 3.8) is 0 Å². The smallest absolute Gasteiger partial charge is 0.320 e. The number of aryl methyl sites for hydroxylation is 1. The van der Waals surface area contributed by atoms with Gasteiger partial charge in [0.15, 0.2) is 0 Å². The van der Waals surface area contributed by atoms with Crippen LogP contribution in [0.3, 0.4) is 0 Å². The third-order valence-electron chi connectivity index (χ3n) is 2.26. The number of nitrogens with zero attached hydrogens (tertiary/aromatic N) is 2. The predicted octanol–water partition coefficient (Wildman–Crippen LogP) is 1.76. The van der Waals surface area contributed by atoms with Crippen molar-refractivity contribution in [1.82, 2.24) is 10.1 Å². The lowest BCUT2D eigenvalue weighted by atomic mass is 10.3. The predicted molar refractivity (Wildman–Crippen MR) is 63.4 cm³/mol. The van der Waals surface area contributed by atoms with Gasteiger partial charge in [0.1, 0.15) is 5.76 Å². The van der Waals surface area contributed by atoms with Crippen LogP contribution in [-0.2, 0) is 16.1 Å². The molecule has 0 saturated heterocycles. The van der Waals surface area contributed by atoms with Gasteiger partial charge in [-0.05, 0) is 26.8 Å². The SMILES string of the molecule is CCCN(CC(=O)OCC)Cc1cc(C)on1. The third-order valence-corrected chi connectivity index (χ3v) is 2.26. The third kappa shape index (κ3) is 4.99. The molecular weight excluding hydrogens is 220 g/mol. The number of carbonyl (C=O) groups is 1. The summed E-state index contributed by atoms with van der Waals surface area (Å²) in [6, 6.07) is 1.88. The highest BCUT2D eigenvalue weighted by Gasteiger charge is 2.13. The molecular formula is C12H20N2O3. The van der Waals surface area contributed by atoms with Crippen LogP contribution in [0.15, 0.2) is 10.6 Å². The Kier molecular flexibility index (Phi) is 5.69. The lowest BCUT2D eigenvalue weighted by Gasteiger charge is -2.18. The first-order valence-corrected chi connectivity index (χ1v) is 5.95. The Morgan fingerprint density at radius 3 is 2.82 bits per heavy atom. The summed E-state index contributed by atoms with van der Waals surface area (Å²) < 4.78 is 9.94. The molecule has 0 atom stereocenters. The minimum atomic E-state index is -0.193. The molecule has 0 unspecified atom stereocenters. The van der Waals surface area contributed by atoms with E-state index in [1.807, 2.05) is 24.8 Å². The summed E-state index contributed by atoms with van der Waals surface area (Å²) in [5.74, 6) is 0.591. The molecule has 0 spiro atoms. The van der Waals surface area contributed by atoms with Gasteiger partial charge >= 0.3 is 5.97 Å². The standard InChI is InChI=1S/C12H20N2O3/c1-4-6-14(9-12(15)16-5-2)8-11-7-10(3)17-13-11/h7H,4-6,8-9H2,1-3H3. The monoisotopic (exact) mass is 240 g/mol. The zero-order valence-corrected chi connectivity index (χ0v) is 10.7. The molecule has 0 aliphatic carbocycles. The van der Waals surface area contributed by atoms with E-state index in [1.165, 1.54) is 0 Å². The van der Waals surface area contributed by atoms with Crippen LogP contribution in [0.1, 0.15) is 31.7 Å². The van der Waals surface area contributed by atoms with E-state index in [0.29, 0.717) is 19.7 Å². The van der Waals surface area contributed by atoms with Gasteiger partial charge in [0.05, 0.1) is 18.8 Å². The molecule has 0 fully saturated rings. The van der Waals surface area contributed by atoms with E-state index >= 15 is 0 Å². The summed E-state index contributed by atoms with van der Waals surface area (Å²) in [4.78, 5) is 13.4. The Bertz CT molecular complexity index is 349. The fourth-order valence-corrected chi connectivity index (χ4v) is 1.64. The maximum absolute atomic E-state index is 11.4. The topological polar surface area (TPSA) is 55.6 Å². The minimum absolute atomic E-state index is 0.193. The van der Waals surface area contributed by atoms with Gasteiger partial charge in [-0.1, -0.05) is 12.1 Å². The number of carbonyl (C=O) groups excluding carboxylic acids is 1. The average molecular weight is 240 g/mol. The molecule has 0 aliphatic rings. The van der Waals surface area contributed by atoms with E-state index in [2.05, 4.69) is 12.1 Å². The van der Waals surface area contributed by atoms with Crippen molar-refractivity contribution < 1.29 is 14.1 Å². The van der Waals surface area contributed by atoms with Crippen molar-refractivity contribution in [2.24, 2.45) is 0 Å². The number of hydrogen-bond donors (Lipinski definition) is 0. The highest BCUT2D eigenvalue weighted by molar-refractivity contribution is 5.71. The molecule has 96 valence electrons. The highest BCUT2D eigenvalue weighted by atomic mass is 16.5. The van der Waals surface area contributed by atoms with Crippen LogP contribution < -0.4 is 0 Å². The maximum atomic E-state index is 11.4. The molecule has 0 radical (unpaired) electrons. The highest BCUT2D eigenvalue weighted by Crippen LogP contribution is 2.06. The van der Waals surface area contributed by atoms with E-state index in [4.69, 9.17) is 9.26 Å². The molecule has 5 nitrogen and oxygen atoms in total. The van der Waals surface area contributed by atoms with Crippen LogP contribution >= 0.6 is 0 Å². The molecule has 5 heteroatoms. The molecule has 0 saturated carbocycles. The first-order chi connectivity index (χ1) is 8.15. The fraction of sp³-hybridized carbons (Fsp3) is 0.667. The fourth-order valence-electron chi connectivity index (χ4n) is 1.64. The summed E-state index contributed by atoms with van der Waals surface area (Å²) in [7, 11) is 0. The van der Waals surface area contributed by atoms with Gasteiger partial charge < -0.3 is 9.26 Å². The van der Waals surface area contributed by atoms with Crippen LogP contribution in [0.4, 0.5) is 0 Å². The van der Waals surface area contributed by atoms with Crippen LogP contribution in [0, 0.1) is 6.92 Å². The van der Waals surface area contributed by atoms with Gasteiger partial charge in [0.25, 0.3) is 0 Å². The molecule has 1 heterocycles. The lowest BCUT2D eigenvalue weighted by Crippen LogP contribution is -2.31. The lowest BCUT2D eigenvalue weighted by molar-refractivity contribution is -0.144. The Labute approximate surface area is 102 Å². The molecule has 1 aromatic heterocycles. The molecule has 0 bridgehead atoms. The number of aromatic nitrogens is 1. The van der Waals surface area contributed by atoms with Crippen molar-refractivity contribution in [3.8, 4) is 0 Å². The number of rotatable bonds is 7. The van der Waals surface area contributed by atoms with E-state index in [9.17, 15) is 4.79 Å². The molecule has 0 aromatic carbocycles. The van der Waals surface area contributed by atoms with Gasteiger partial charge in [-0.3, -0.25) is 9.69 Å². The second-order valence-corrected chi connectivity index (χ2v) is 3.94. The number of esters is 1. The second kappa shape index (κ2) is 7.06. The molecule has 0 aliphatic heterocycles. The summed E-state index contributed by atoms with van der Waals surface area (Å²) in [6.45, 7) is 7.91. The van der Waals surface area contributed by atoms with E-state index in [0.717, 1.165) is 24.4 Å². The first kappa shape index (κ1) is 13.7. The Morgan fingerprint density at radius 2 is 2.29 bits per heavy atom. The van der Waals surface area contributed by atoms with Crippen molar-refractivity contribution in [1.29, 1.82) is 0 Å². The normalized spacial score (nSPS) is 10.8. The van der Waals surface area contributed by atoms with Crippen molar-refractivity contribution in [2.45, 2.75) is 33.7 Å². The number of hydrogen-bond acceptors (Lipinski definition) is 5. The van der Waals surface area contributed by atoms with Gasteiger partial charge in [0.2, 0.25) is 0 Å². The Hall–Kier alpha value is -1.36. The molecule has 17 heavy (non-hydrogen) atoms. The van der Waals surface area contributed by atoms with Gasteiger partial charge in [0, 0.05) is 12.6 Å². The summed E-state index contributed by atoms with van der Waals surface area (Å²) in [5, 5.41) is 3.92. The molecule has 0 amide bonds. The van der Waals surface area contributed by atoms with Crippen molar-refractivity contribution >= 4 is 5.97 Å². The zero-order chi connectivity index (χ0) is 12.7.